The fraction of sp³-hybridized carbons (Fsp3) is 0. The summed E-state index contributed by atoms with van der Waals surface area (Å²) in [5.74, 6) is 2.38. The van der Waals surface area contributed by atoms with E-state index in [1.54, 1.807) is 11.3 Å². The maximum atomic E-state index is 6.17. The van der Waals surface area contributed by atoms with Crippen LogP contribution in [0.3, 0.4) is 0 Å². The number of hydrogen-bond acceptors (Lipinski definition) is 5. The molecule has 8 aromatic rings. The Balaban J connectivity index is 1.36. The van der Waals surface area contributed by atoms with Crippen LogP contribution in [0.25, 0.3) is 76.3 Å². The zero-order chi connectivity index (χ0) is 25.1. The van der Waals surface area contributed by atoms with Gasteiger partial charge in [0.05, 0.1) is 0 Å². The molecule has 38 heavy (non-hydrogen) atoms. The minimum atomic E-state index is 0.518. The van der Waals surface area contributed by atoms with Crippen LogP contribution in [0.5, 0.6) is 0 Å². The molecule has 4 nitrogen and oxygen atoms in total. The molecule has 0 atom stereocenters. The van der Waals surface area contributed by atoms with Crippen LogP contribution in [0.4, 0.5) is 0 Å². The van der Waals surface area contributed by atoms with Gasteiger partial charge in [0.15, 0.2) is 23.2 Å². The van der Waals surface area contributed by atoms with Crippen LogP contribution in [0.15, 0.2) is 120 Å². The van der Waals surface area contributed by atoms with Crippen molar-refractivity contribution in [3.8, 4) is 34.4 Å². The number of rotatable bonds is 3. The molecule has 8 rings (SSSR count). The third-order valence-electron chi connectivity index (χ3n) is 6.92. The molecule has 5 heteroatoms. The van der Waals surface area contributed by atoms with Crippen molar-refractivity contribution in [3.63, 3.8) is 0 Å². The average molecular weight is 506 g/mol. The lowest BCUT2D eigenvalue weighted by atomic mass is 10.1. The van der Waals surface area contributed by atoms with Gasteiger partial charge in [-0.1, -0.05) is 72.8 Å². The topological polar surface area (TPSA) is 51.8 Å². The average Bonchev–Trinajstić information content (AvgIpc) is 3.58. The van der Waals surface area contributed by atoms with E-state index >= 15 is 0 Å². The van der Waals surface area contributed by atoms with Gasteiger partial charge in [-0.2, -0.15) is 0 Å². The molecule has 0 saturated carbocycles. The molecule has 5 aromatic carbocycles. The Labute approximate surface area is 221 Å². The van der Waals surface area contributed by atoms with E-state index in [9.17, 15) is 0 Å². The molecule has 0 bridgehead atoms. The lowest BCUT2D eigenvalue weighted by Crippen LogP contribution is -1.99. The monoisotopic (exact) mass is 505 g/mol. The van der Waals surface area contributed by atoms with Gasteiger partial charge in [-0.15, -0.1) is 11.3 Å². The van der Waals surface area contributed by atoms with E-state index in [2.05, 4.69) is 72.8 Å². The smallest absolute Gasteiger partial charge is 0.199 e. The van der Waals surface area contributed by atoms with Crippen molar-refractivity contribution in [2.45, 2.75) is 0 Å². The van der Waals surface area contributed by atoms with E-state index in [-0.39, 0.29) is 0 Å². The highest BCUT2D eigenvalue weighted by Gasteiger charge is 2.16. The second-order valence-corrected chi connectivity index (χ2v) is 10.4. The lowest BCUT2D eigenvalue weighted by Gasteiger charge is -2.08. The molecular weight excluding hydrogens is 486 g/mol. The van der Waals surface area contributed by atoms with Crippen molar-refractivity contribution in [1.29, 1.82) is 0 Å². The number of aromatic nitrogens is 3. The van der Waals surface area contributed by atoms with Crippen molar-refractivity contribution >= 4 is 53.3 Å². The summed E-state index contributed by atoms with van der Waals surface area (Å²) in [4.78, 5) is 14.8. The normalized spacial score (nSPS) is 11.7. The SMILES string of the molecule is c1ccc2cc(-c3nc(-c4ccc5sc6ccccc6c5c4)nc(-c4cc5ccccc5o4)n3)ccc2c1. The van der Waals surface area contributed by atoms with Gasteiger partial charge in [0, 0.05) is 36.7 Å². The van der Waals surface area contributed by atoms with Gasteiger partial charge in [-0.05, 0) is 53.2 Å². The van der Waals surface area contributed by atoms with Gasteiger partial charge in [0.25, 0.3) is 0 Å². The fourth-order valence-electron chi connectivity index (χ4n) is 5.03. The maximum Gasteiger partial charge on any atom is 0.199 e. The summed E-state index contributed by atoms with van der Waals surface area (Å²) >= 11 is 1.80. The van der Waals surface area contributed by atoms with Gasteiger partial charge in [0.1, 0.15) is 5.58 Å². The van der Waals surface area contributed by atoms with E-state index < -0.39 is 0 Å². The molecule has 0 fully saturated rings. The van der Waals surface area contributed by atoms with Crippen molar-refractivity contribution in [1.82, 2.24) is 15.0 Å². The van der Waals surface area contributed by atoms with Crippen LogP contribution < -0.4 is 0 Å². The molecule has 0 spiro atoms. The van der Waals surface area contributed by atoms with Gasteiger partial charge in [-0.25, -0.2) is 15.0 Å². The Bertz CT molecular complexity index is 2120. The Hall–Kier alpha value is -4.87. The molecule has 0 aliphatic carbocycles. The second-order valence-electron chi connectivity index (χ2n) is 9.33. The van der Waals surface area contributed by atoms with Gasteiger partial charge in [-0.3, -0.25) is 0 Å². The van der Waals surface area contributed by atoms with Crippen molar-refractivity contribution in [2.24, 2.45) is 0 Å². The number of thiophene rings is 1. The zero-order valence-corrected chi connectivity index (χ0v) is 20.9. The highest BCUT2D eigenvalue weighted by atomic mass is 32.1. The van der Waals surface area contributed by atoms with Gasteiger partial charge in [0.2, 0.25) is 0 Å². The molecule has 0 N–H and O–H groups in total. The van der Waals surface area contributed by atoms with Crippen LogP contribution >= 0.6 is 11.3 Å². The summed E-state index contributed by atoms with van der Waals surface area (Å²) in [5, 5.41) is 5.79. The number of para-hydroxylation sites is 1. The quantitative estimate of drug-likeness (QED) is 0.240. The number of nitrogens with zero attached hydrogens (tertiary/aromatic N) is 3. The summed E-state index contributed by atoms with van der Waals surface area (Å²) < 4.78 is 8.69. The summed E-state index contributed by atoms with van der Waals surface area (Å²) in [6, 6.07) is 39.5. The molecule has 178 valence electrons. The number of hydrogen-bond donors (Lipinski definition) is 0. The van der Waals surface area contributed by atoms with E-state index in [1.807, 2.05) is 42.5 Å². The Kier molecular flexibility index (Phi) is 4.66. The third-order valence-corrected chi connectivity index (χ3v) is 8.08. The van der Waals surface area contributed by atoms with Crippen LogP contribution in [-0.4, -0.2) is 15.0 Å². The number of furan rings is 1. The van der Waals surface area contributed by atoms with Crippen LogP contribution in [-0.2, 0) is 0 Å². The van der Waals surface area contributed by atoms with Crippen molar-refractivity contribution in [3.05, 3.63) is 115 Å². The van der Waals surface area contributed by atoms with Gasteiger partial charge >= 0.3 is 0 Å². The lowest BCUT2D eigenvalue weighted by molar-refractivity contribution is 0.625. The number of benzene rings is 5. The summed E-state index contributed by atoms with van der Waals surface area (Å²) in [6.45, 7) is 0. The molecular formula is C33H19N3OS. The fourth-order valence-corrected chi connectivity index (χ4v) is 6.12. The first kappa shape index (κ1) is 21.2. The maximum absolute atomic E-state index is 6.17. The zero-order valence-electron chi connectivity index (χ0n) is 20.1. The van der Waals surface area contributed by atoms with Crippen LogP contribution in [0.1, 0.15) is 0 Å². The molecule has 0 unspecified atom stereocenters. The summed E-state index contributed by atoms with van der Waals surface area (Å²) in [6.07, 6.45) is 0. The minimum absolute atomic E-state index is 0.518. The summed E-state index contributed by atoms with van der Waals surface area (Å²) in [7, 11) is 0. The highest BCUT2D eigenvalue weighted by Crippen LogP contribution is 2.36. The standard InChI is InChI=1S/C33H19N3OS/c1-2-8-21-17-23(14-13-20(21)7-1)31-34-32(36-33(35-31)28-19-22-9-3-5-11-27(22)37-28)24-15-16-30-26(18-24)25-10-4-6-12-29(25)38-30/h1-19H. The van der Waals surface area contributed by atoms with Crippen molar-refractivity contribution in [2.75, 3.05) is 0 Å². The predicted molar refractivity (Wildman–Crippen MR) is 156 cm³/mol. The molecule has 0 saturated heterocycles. The van der Waals surface area contributed by atoms with Crippen LogP contribution in [0.2, 0.25) is 0 Å². The molecule has 3 heterocycles. The van der Waals surface area contributed by atoms with Crippen molar-refractivity contribution < 1.29 is 4.42 Å². The van der Waals surface area contributed by atoms with E-state index in [1.165, 1.54) is 25.6 Å². The predicted octanol–water partition coefficient (Wildman–Crippen LogP) is 9.14. The first-order valence-electron chi connectivity index (χ1n) is 12.4. The molecule has 0 radical (unpaired) electrons. The third kappa shape index (κ3) is 3.48. The minimum Gasteiger partial charge on any atom is -0.453 e. The molecule has 3 aromatic heterocycles. The number of fused-ring (bicyclic) bond motifs is 5. The Morgan fingerprint density at radius 3 is 2.00 bits per heavy atom. The first-order valence-corrected chi connectivity index (χ1v) is 13.3. The Morgan fingerprint density at radius 2 is 1.13 bits per heavy atom. The highest BCUT2D eigenvalue weighted by molar-refractivity contribution is 7.25. The molecule has 0 aliphatic heterocycles. The first-order chi connectivity index (χ1) is 18.8. The second kappa shape index (κ2) is 8.33. The molecule has 0 aliphatic rings. The largest absolute Gasteiger partial charge is 0.453 e. The van der Waals surface area contributed by atoms with Gasteiger partial charge < -0.3 is 4.42 Å². The van der Waals surface area contributed by atoms with Crippen LogP contribution in [0, 0.1) is 0 Å². The van der Waals surface area contributed by atoms with E-state index in [0.29, 0.717) is 23.2 Å². The molecule has 0 amide bonds. The van der Waals surface area contributed by atoms with E-state index in [0.717, 1.165) is 27.5 Å². The Morgan fingerprint density at radius 1 is 0.474 bits per heavy atom. The summed E-state index contributed by atoms with van der Waals surface area (Å²) in [5.41, 5.74) is 2.69. The van der Waals surface area contributed by atoms with E-state index in [4.69, 9.17) is 19.4 Å².